The van der Waals surface area contributed by atoms with Crippen molar-refractivity contribution in [1.29, 1.82) is 0 Å². The Labute approximate surface area is 161 Å². The van der Waals surface area contributed by atoms with Gasteiger partial charge in [-0.1, -0.05) is 30.3 Å². The first-order valence-electron chi connectivity index (χ1n) is 8.97. The Hall–Kier alpha value is -2.00. The molecule has 1 aliphatic rings. The van der Waals surface area contributed by atoms with Gasteiger partial charge < -0.3 is 15.0 Å². The van der Waals surface area contributed by atoms with Crippen molar-refractivity contribution in [2.75, 3.05) is 52.3 Å². The van der Waals surface area contributed by atoms with Crippen LogP contribution in [-0.4, -0.2) is 69.6 Å². The summed E-state index contributed by atoms with van der Waals surface area (Å²) in [6.07, 6.45) is 1.42. The monoisotopic (exact) mass is 390 g/mol. The highest BCUT2D eigenvalue weighted by atomic mass is 32.2. The fourth-order valence-corrected chi connectivity index (χ4v) is 4.40. The number of sulfonamides is 1. The SMILES string of the molecule is CN(C)C(CNc1ccc(S(=O)(=O)N2CCOCC2)cn1)c1ccccc1. The van der Waals surface area contributed by atoms with Gasteiger partial charge in [0.1, 0.15) is 10.7 Å². The number of hydrogen-bond donors (Lipinski definition) is 1. The molecule has 1 fully saturated rings. The van der Waals surface area contributed by atoms with Gasteiger partial charge in [0.2, 0.25) is 10.0 Å². The molecule has 0 radical (unpaired) electrons. The van der Waals surface area contributed by atoms with Crippen LogP contribution < -0.4 is 5.32 Å². The van der Waals surface area contributed by atoms with Gasteiger partial charge >= 0.3 is 0 Å². The first-order chi connectivity index (χ1) is 13.0. The van der Waals surface area contributed by atoms with Crippen LogP contribution in [0.2, 0.25) is 0 Å². The fraction of sp³-hybridized carbons (Fsp3) is 0.421. The van der Waals surface area contributed by atoms with Crippen LogP contribution in [-0.2, 0) is 14.8 Å². The summed E-state index contributed by atoms with van der Waals surface area (Å²) in [5, 5.41) is 3.30. The van der Waals surface area contributed by atoms with E-state index in [9.17, 15) is 8.42 Å². The zero-order chi connectivity index (χ0) is 19.3. The summed E-state index contributed by atoms with van der Waals surface area (Å²) >= 11 is 0. The van der Waals surface area contributed by atoms with Gasteiger partial charge in [0.25, 0.3) is 0 Å². The van der Waals surface area contributed by atoms with E-state index in [0.717, 1.165) is 0 Å². The minimum atomic E-state index is -3.51. The fourth-order valence-electron chi connectivity index (χ4n) is 3.05. The minimum absolute atomic E-state index is 0.185. The van der Waals surface area contributed by atoms with Crippen molar-refractivity contribution >= 4 is 15.8 Å². The molecule has 1 aromatic heterocycles. The predicted molar refractivity (Wildman–Crippen MR) is 105 cm³/mol. The van der Waals surface area contributed by atoms with Gasteiger partial charge in [-0.2, -0.15) is 4.31 Å². The molecule has 7 nitrogen and oxygen atoms in total. The maximum atomic E-state index is 12.6. The van der Waals surface area contributed by atoms with Crippen molar-refractivity contribution in [3.63, 3.8) is 0 Å². The number of nitrogens with one attached hydrogen (secondary N) is 1. The third kappa shape index (κ3) is 4.84. The normalized spacial score (nSPS) is 17.0. The highest BCUT2D eigenvalue weighted by Crippen LogP contribution is 2.20. The molecule has 1 saturated heterocycles. The summed E-state index contributed by atoms with van der Waals surface area (Å²) in [7, 11) is 0.553. The number of rotatable bonds is 7. The number of ether oxygens (including phenoxy) is 1. The van der Waals surface area contributed by atoms with E-state index in [2.05, 4.69) is 27.3 Å². The van der Waals surface area contributed by atoms with Crippen LogP contribution in [0, 0.1) is 0 Å². The molecule has 2 heterocycles. The topological polar surface area (TPSA) is 74.8 Å². The largest absolute Gasteiger partial charge is 0.379 e. The van der Waals surface area contributed by atoms with Crippen molar-refractivity contribution in [2.24, 2.45) is 0 Å². The highest BCUT2D eigenvalue weighted by Gasteiger charge is 2.26. The van der Waals surface area contributed by atoms with Gasteiger partial charge in [0.05, 0.1) is 19.3 Å². The molecular weight excluding hydrogens is 364 g/mol. The van der Waals surface area contributed by atoms with Crippen LogP contribution in [0.5, 0.6) is 0 Å². The average molecular weight is 391 g/mol. The zero-order valence-electron chi connectivity index (χ0n) is 15.7. The number of pyridine rings is 1. The summed E-state index contributed by atoms with van der Waals surface area (Å²) in [6.45, 7) is 2.28. The second kappa shape index (κ2) is 8.79. The Kier molecular flexibility index (Phi) is 6.43. The highest BCUT2D eigenvalue weighted by molar-refractivity contribution is 7.89. The standard InChI is InChI=1S/C19H26N4O3S/c1-22(2)18(16-6-4-3-5-7-16)15-21-19-9-8-17(14-20-19)27(24,25)23-10-12-26-13-11-23/h3-9,14,18H,10-13,15H2,1-2H3,(H,20,21). The third-order valence-electron chi connectivity index (χ3n) is 4.63. The number of anilines is 1. The molecule has 27 heavy (non-hydrogen) atoms. The van der Waals surface area contributed by atoms with E-state index >= 15 is 0 Å². The van der Waals surface area contributed by atoms with E-state index in [0.29, 0.717) is 38.7 Å². The number of nitrogens with zero attached hydrogens (tertiary/aromatic N) is 3. The molecule has 1 N–H and O–H groups in total. The molecule has 1 unspecified atom stereocenters. The van der Waals surface area contributed by atoms with E-state index in [4.69, 9.17) is 4.74 Å². The minimum Gasteiger partial charge on any atom is -0.379 e. The van der Waals surface area contributed by atoms with Crippen LogP contribution >= 0.6 is 0 Å². The summed E-state index contributed by atoms with van der Waals surface area (Å²) in [5.41, 5.74) is 1.21. The zero-order valence-corrected chi connectivity index (χ0v) is 16.5. The second-order valence-electron chi connectivity index (χ2n) is 6.67. The lowest BCUT2D eigenvalue weighted by Crippen LogP contribution is -2.40. The Morgan fingerprint density at radius 1 is 1.15 bits per heavy atom. The number of likely N-dealkylation sites (N-methyl/N-ethyl adjacent to an activating group) is 1. The molecule has 8 heteroatoms. The molecule has 3 rings (SSSR count). The molecule has 2 aromatic rings. The summed E-state index contributed by atoms with van der Waals surface area (Å²) in [6, 6.07) is 13.7. The molecule has 0 bridgehead atoms. The molecular formula is C19H26N4O3S. The second-order valence-corrected chi connectivity index (χ2v) is 8.60. The first kappa shape index (κ1) is 19.8. The number of aromatic nitrogens is 1. The summed E-state index contributed by atoms with van der Waals surface area (Å²) in [4.78, 5) is 6.65. The van der Waals surface area contributed by atoms with E-state index in [-0.39, 0.29) is 10.9 Å². The van der Waals surface area contributed by atoms with Crippen molar-refractivity contribution in [3.8, 4) is 0 Å². The van der Waals surface area contributed by atoms with E-state index in [1.807, 2.05) is 32.3 Å². The average Bonchev–Trinajstić information content (AvgIpc) is 2.70. The number of morpholine rings is 1. The molecule has 0 spiro atoms. The Morgan fingerprint density at radius 2 is 1.85 bits per heavy atom. The maximum Gasteiger partial charge on any atom is 0.244 e. The van der Waals surface area contributed by atoms with Gasteiger partial charge in [-0.3, -0.25) is 0 Å². The van der Waals surface area contributed by atoms with Gasteiger partial charge in [-0.15, -0.1) is 0 Å². The first-order valence-corrected chi connectivity index (χ1v) is 10.4. The summed E-state index contributed by atoms with van der Waals surface area (Å²) in [5.74, 6) is 0.652. The lowest BCUT2D eigenvalue weighted by molar-refractivity contribution is 0.0730. The molecule has 0 amide bonds. The molecule has 1 atom stereocenters. The molecule has 0 saturated carbocycles. The Morgan fingerprint density at radius 3 is 2.44 bits per heavy atom. The Bertz CT molecular complexity index is 820. The Balaban J connectivity index is 1.66. The van der Waals surface area contributed by atoms with Crippen molar-refractivity contribution in [1.82, 2.24) is 14.2 Å². The number of hydrogen-bond acceptors (Lipinski definition) is 6. The van der Waals surface area contributed by atoms with Crippen molar-refractivity contribution < 1.29 is 13.2 Å². The van der Waals surface area contributed by atoms with Crippen LogP contribution in [0.4, 0.5) is 5.82 Å². The van der Waals surface area contributed by atoms with Crippen LogP contribution in [0.15, 0.2) is 53.6 Å². The van der Waals surface area contributed by atoms with Crippen LogP contribution in [0.25, 0.3) is 0 Å². The molecule has 1 aromatic carbocycles. The third-order valence-corrected chi connectivity index (χ3v) is 6.51. The quantitative estimate of drug-likeness (QED) is 0.777. The van der Waals surface area contributed by atoms with Crippen molar-refractivity contribution in [2.45, 2.75) is 10.9 Å². The van der Waals surface area contributed by atoms with Gasteiger partial charge in [-0.05, 0) is 31.8 Å². The van der Waals surface area contributed by atoms with Gasteiger partial charge in [0, 0.05) is 25.8 Å². The van der Waals surface area contributed by atoms with Crippen LogP contribution in [0.1, 0.15) is 11.6 Å². The summed E-state index contributed by atoms with van der Waals surface area (Å²) < 4.78 is 32.0. The molecule has 146 valence electrons. The lowest BCUT2D eigenvalue weighted by atomic mass is 10.1. The predicted octanol–water partition coefficient (Wildman–Crippen LogP) is 1.82. The van der Waals surface area contributed by atoms with Gasteiger partial charge in [0.15, 0.2) is 0 Å². The maximum absolute atomic E-state index is 12.6. The molecule has 0 aliphatic carbocycles. The smallest absolute Gasteiger partial charge is 0.244 e. The van der Waals surface area contributed by atoms with E-state index in [1.54, 1.807) is 12.1 Å². The van der Waals surface area contributed by atoms with Gasteiger partial charge in [-0.25, -0.2) is 13.4 Å². The van der Waals surface area contributed by atoms with Crippen molar-refractivity contribution in [3.05, 3.63) is 54.2 Å². The van der Waals surface area contributed by atoms with E-state index in [1.165, 1.54) is 16.1 Å². The van der Waals surface area contributed by atoms with E-state index < -0.39 is 10.0 Å². The van der Waals surface area contributed by atoms with Crippen LogP contribution in [0.3, 0.4) is 0 Å². The molecule has 1 aliphatic heterocycles. The lowest BCUT2D eigenvalue weighted by Gasteiger charge is -2.26. The number of benzene rings is 1.